The van der Waals surface area contributed by atoms with Gasteiger partial charge in [0.25, 0.3) is 0 Å². The van der Waals surface area contributed by atoms with Crippen molar-refractivity contribution in [2.75, 3.05) is 31.9 Å². The van der Waals surface area contributed by atoms with Crippen LogP contribution in [0.3, 0.4) is 0 Å². The largest absolute Gasteiger partial charge is 0.340 e. The fraction of sp³-hybridized carbons (Fsp3) is 0.607. The number of carbonyl (C=O) groups is 2. The molecule has 1 aromatic carbocycles. The van der Waals surface area contributed by atoms with E-state index in [1.165, 1.54) is 10.9 Å². The van der Waals surface area contributed by atoms with E-state index in [0.717, 1.165) is 68.9 Å². The van der Waals surface area contributed by atoms with Crippen molar-refractivity contribution in [2.24, 2.45) is 0 Å². The number of rotatable bonds is 8. The smallest absolute Gasteiger partial charge is 0.315 e. The summed E-state index contributed by atoms with van der Waals surface area (Å²) in [5.41, 5.74) is 3.38. The van der Waals surface area contributed by atoms with Gasteiger partial charge in [-0.3, -0.25) is 14.7 Å². The number of aromatic nitrogens is 1. The van der Waals surface area contributed by atoms with E-state index in [2.05, 4.69) is 66.6 Å². The second kappa shape index (κ2) is 10.6. The van der Waals surface area contributed by atoms with Crippen LogP contribution in [-0.2, 0) is 11.3 Å². The van der Waals surface area contributed by atoms with Gasteiger partial charge in [-0.25, -0.2) is 4.79 Å². The SMILES string of the molecule is CC(C)c1ccc2cc(CN3CCN(C(=O)CCCC[C@@H]4SC[C@]5(C)NC(=O)N[C@H]45)CC3)ccc2n1. The van der Waals surface area contributed by atoms with E-state index in [0.29, 0.717) is 17.6 Å². The number of amides is 3. The zero-order valence-corrected chi connectivity index (χ0v) is 22.6. The molecule has 4 heterocycles. The molecule has 8 heteroatoms. The first-order valence-electron chi connectivity index (χ1n) is 13.4. The van der Waals surface area contributed by atoms with Crippen LogP contribution in [0.2, 0.25) is 0 Å². The molecule has 0 saturated carbocycles. The van der Waals surface area contributed by atoms with Gasteiger partial charge in [0.15, 0.2) is 0 Å². The number of benzene rings is 1. The summed E-state index contributed by atoms with van der Waals surface area (Å²) in [7, 11) is 0. The van der Waals surface area contributed by atoms with Gasteiger partial charge in [0.05, 0.1) is 17.1 Å². The topological polar surface area (TPSA) is 77.6 Å². The highest BCUT2D eigenvalue weighted by molar-refractivity contribution is 8.00. The third-order valence-corrected chi connectivity index (χ3v) is 9.67. The highest BCUT2D eigenvalue weighted by Crippen LogP contribution is 2.39. The molecule has 0 unspecified atom stereocenters. The number of pyridine rings is 1. The lowest BCUT2D eigenvalue weighted by atomic mass is 9.92. The van der Waals surface area contributed by atoms with Gasteiger partial charge in [-0.05, 0) is 49.4 Å². The summed E-state index contributed by atoms with van der Waals surface area (Å²) < 4.78 is 0. The number of hydrogen-bond donors (Lipinski definition) is 2. The van der Waals surface area contributed by atoms with E-state index in [1.807, 2.05) is 16.7 Å². The van der Waals surface area contributed by atoms with Crippen LogP contribution in [0.5, 0.6) is 0 Å². The van der Waals surface area contributed by atoms with Crippen molar-refractivity contribution < 1.29 is 9.59 Å². The minimum absolute atomic E-state index is 0.0417. The Kier molecular flexibility index (Phi) is 7.45. The third-order valence-electron chi connectivity index (χ3n) is 7.97. The monoisotopic (exact) mass is 509 g/mol. The van der Waals surface area contributed by atoms with Crippen molar-refractivity contribution >= 4 is 34.6 Å². The molecular weight excluding hydrogens is 470 g/mol. The summed E-state index contributed by atoms with van der Waals surface area (Å²) in [5, 5.41) is 7.79. The number of unbranched alkanes of at least 4 members (excludes halogenated alkanes) is 1. The minimum Gasteiger partial charge on any atom is -0.340 e. The van der Waals surface area contributed by atoms with Gasteiger partial charge in [-0.2, -0.15) is 11.8 Å². The van der Waals surface area contributed by atoms with E-state index in [4.69, 9.17) is 4.98 Å². The Hall–Kier alpha value is -2.32. The van der Waals surface area contributed by atoms with Crippen LogP contribution in [0.4, 0.5) is 4.79 Å². The van der Waals surface area contributed by atoms with Crippen LogP contribution in [0.25, 0.3) is 10.9 Å². The van der Waals surface area contributed by atoms with E-state index < -0.39 is 0 Å². The lowest BCUT2D eigenvalue weighted by molar-refractivity contribution is -0.133. The summed E-state index contributed by atoms with van der Waals surface area (Å²) in [4.78, 5) is 33.8. The number of fused-ring (bicyclic) bond motifs is 2. The molecular formula is C28H39N5O2S. The lowest BCUT2D eigenvalue weighted by Gasteiger charge is -2.35. The molecule has 3 saturated heterocycles. The van der Waals surface area contributed by atoms with Gasteiger partial charge in [-0.15, -0.1) is 0 Å². The average molecular weight is 510 g/mol. The van der Waals surface area contributed by atoms with Crippen LogP contribution in [0, 0.1) is 0 Å². The van der Waals surface area contributed by atoms with Crippen molar-refractivity contribution in [3.63, 3.8) is 0 Å². The Morgan fingerprint density at radius 1 is 1.17 bits per heavy atom. The molecule has 2 aromatic rings. The number of nitrogens with zero attached hydrogens (tertiary/aromatic N) is 3. The second-order valence-corrected chi connectivity index (χ2v) is 12.4. The van der Waals surface area contributed by atoms with E-state index in [9.17, 15) is 9.59 Å². The van der Waals surface area contributed by atoms with Gasteiger partial charge in [0, 0.05) is 61.2 Å². The maximum Gasteiger partial charge on any atom is 0.315 e. The molecule has 3 atom stereocenters. The Morgan fingerprint density at radius 2 is 1.97 bits per heavy atom. The molecule has 1 aromatic heterocycles. The fourth-order valence-corrected chi connectivity index (χ4v) is 7.44. The molecule has 36 heavy (non-hydrogen) atoms. The Morgan fingerprint density at radius 3 is 2.75 bits per heavy atom. The standard InChI is InChI=1S/C28H39N5O2S/c1-19(2)22-11-9-21-16-20(8-10-23(21)29-22)17-32-12-14-33(15-13-32)25(34)7-5-4-6-24-26-28(3,18-36-24)31-27(35)30-26/h8-11,16,19,24,26H,4-7,12-15,17-18H2,1-3H3,(H2,30,31,35)/t24-,26+,28-/m0/s1. The van der Waals surface area contributed by atoms with Crippen LogP contribution in [-0.4, -0.2) is 75.5 Å². The number of piperazine rings is 1. The first-order valence-corrected chi connectivity index (χ1v) is 14.5. The van der Waals surface area contributed by atoms with Crippen molar-refractivity contribution in [1.29, 1.82) is 0 Å². The fourth-order valence-electron chi connectivity index (χ4n) is 5.73. The molecule has 3 amide bonds. The van der Waals surface area contributed by atoms with E-state index >= 15 is 0 Å². The Bertz CT molecular complexity index is 1120. The minimum atomic E-state index is -0.122. The van der Waals surface area contributed by atoms with Gasteiger partial charge >= 0.3 is 6.03 Å². The first kappa shape index (κ1) is 25.3. The van der Waals surface area contributed by atoms with Crippen molar-refractivity contribution in [3.8, 4) is 0 Å². The molecule has 0 radical (unpaired) electrons. The molecule has 3 aliphatic heterocycles. The first-order chi connectivity index (χ1) is 17.3. The van der Waals surface area contributed by atoms with Gasteiger partial charge in [-0.1, -0.05) is 32.4 Å². The number of carbonyl (C=O) groups excluding carboxylic acids is 2. The summed E-state index contributed by atoms with van der Waals surface area (Å²) >= 11 is 1.94. The zero-order valence-electron chi connectivity index (χ0n) is 21.8. The summed E-state index contributed by atoms with van der Waals surface area (Å²) in [5.74, 6) is 1.68. The number of nitrogens with one attached hydrogen (secondary N) is 2. The quantitative estimate of drug-likeness (QED) is 0.414. The van der Waals surface area contributed by atoms with Crippen LogP contribution >= 0.6 is 11.8 Å². The van der Waals surface area contributed by atoms with Crippen molar-refractivity contribution in [2.45, 2.75) is 75.7 Å². The lowest BCUT2D eigenvalue weighted by Crippen LogP contribution is -2.48. The molecule has 0 spiro atoms. The summed E-state index contributed by atoms with van der Waals surface area (Å²) in [6.45, 7) is 10.8. The van der Waals surface area contributed by atoms with Crippen LogP contribution in [0.1, 0.15) is 63.6 Å². The summed E-state index contributed by atoms with van der Waals surface area (Å²) in [6, 6.07) is 11.1. The average Bonchev–Trinajstić information content (AvgIpc) is 3.33. The van der Waals surface area contributed by atoms with Gasteiger partial charge in [0.1, 0.15) is 0 Å². The van der Waals surface area contributed by atoms with Crippen molar-refractivity contribution in [3.05, 3.63) is 41.6 Å². The highest BCUT2D eigenvalue weighted by atomic mass is 32.2. The maximum atomic E-state index is 12.8. The molecule has 3 fully saturated rings. The van der Waals surface area contributed by atoms with Gasteiger partial charge < -0.3 is 15.5 Å². The summed E-state index contributed by atoms with van der Waals surface area (Å²) in [6.07, 6.45) is 3.62. The second-order valence-electron chi connectivity index (χ2n) is 11.2. The zero-order chi connectivity index (χ0) is 25.3. The van der Waals surface area contributed by atoms with Crippen molar-refractivity contribution in [1.82, 2.24) is 25.4 Å². The molecule has 194 valence electrons. The Balaban J connectivity index is 1.03. The molecule has 0 aliphatic carbocycles. The van der Waals surface area contributed by atoms with E-state index in [1.54, 1.807) is 0 Å². The predicted molar refractivity (Wildman–Crippen MR) is 146 cm³/mol. The third kappa shape index (κ3) is 5.49. The number of thioether (sulfide) groups is 1. The van der Waals surface area contributed by atoms with E-state index in [-0.39, 0.29) is 23.5 Å². The molecule has 5 rings (SSSR count). The molecule has 0 bridgehead atoms. The molecule has 3 aliphatic rings. The highest BCUT2D eigenvalue weighted by Gasteiger charge is 2.51. The molecule has 7 nitrogen and oxygen atoms in total. The number of urea groups is 1. The predicted octanol–water partition coefficient (Wildman–Crippen LogP) is 4.12. The number of hydrogen-bond acceptors (Lipinski definition) is 5. The van der Waals surface area contributed by atoms with Crippen LogP contribution in [0.15, 0.2) is 30.3 Å². The van der Waals surface area contributed by atoms with Gasteiger partial charge in [0.2, 0.25) is 5.91 Å². The Labute approximate surface area is 218 Å². The molecule has 2 N–H and O–H groups in total. The van der Waals surface area contributed by atoms with Crippen LogP contribution < -0.4 is 10.6 Å². The maximum absolute atomic E-state index is 12.8. The normalized spacial score (nSPS) is 26.3.